The highest BCUT2D eigenvalue weighted by Crippen LogP contribution is 2.38. The fraction of sp³-hybridized carbons (Fsp3) is 0.625. The molecule has 0 amide bonds. The summed E-state index contributed by atoms with van der Waals surface area (Å²) in [6, 6.07) is 5.66. The molecule has 2 rings (SSSR count). The Morgan fingerprint density at radius 1 is 1.24 bits per heavy atom. The minimum atomic E-state index is -1.90. The monoisotopic (exact) mass is 356 g/mol. The first-order valence-corrected chi connectivity index (χ1v) is 8.42. The highest BCUT2D eigenvalue weighted by atomic mass is 79.9. The molecular weight excluding hydrogens is 332 g/mol. The largest absolute Gasteiger partial charge is 0.397 e. The fourth-order valence-electron chi connectivity index (χ4n) is 3.00. The molecule has 4 nitrogen and oxygen atoms in total. The van der Waals surface area contributed by atoms with E-state index in [-0.39, 0.29) is 12.0 Å². The van der Waals surface area contributed by atoms with Gasteiger partial charge in [0.2, 0.25) is 5.91 Å². The second-order valence-electron chi connectivity index (χ2n) is 6.21. The third-order valence-corrected chi connectivity index (χ3v) is 4.81. The Morgan fingerprint density at radius 3 is 2.38 bits per heavy atom. The summed E-state index contributed by atoms with van der Waals surface area (Å²) < 4.78 is 0.887. The summed E-state index contributed by atoms with van der Waals surface area (Å²) >= 11 is 3.40. The Balaban J connectivity index is 2.44. The zero-order valence-corrected chi connectivity index (χ0v) is 14.3. The Bertz CT molecular complexity index is 485. The minimum Gasteiger partial charge on any atom is -0.397 e. The van der Waals surface area contributed by atoms with Gasteiger partial charge in [0.25, 0.3) is 0 Å². The number of benzene rings is 1. The van der Waals surface area contributed by atoms with Crippen molar-refractivity contribution in [1.82, 2.24) is 0 Å². The molecule has 5 heteroatoms. The summed E-state index contributed by atoms with van der Waals surface area (Å²) in [4.78, 5) is 1.72. The lowest BCUT2D eigenvalue weighted by Crippen LogP contribution is -2.58. The zero-order valence-electron chi connectivity index (χ0n) is 12.7. The van der Waals surface area contributed by atoms with Crippen LogP contribution in [0.5, 0.6) is 0 Å². The molecule has 0 spiro atoms. The van der Waals surface area contributed by atoms with Crippen molar-refractivity contribution in [1.29, 1.82) is 0 Å². The molecular formula is C16H25BrN2O2. The normalized spacial score (nSPS) is 17.2. The summed E-state index contributed by atoms with van der Waals surface area (Å²) in [7, 11) is 0. The topological polar surface area (TPSA) is 69.7 Å². The molecule has 21 heavy (non-hydrogen) atoms. The second kappa shape index (κ2) is 6.55. The molecule has 0 bridgehead atoms. The Labute approximate surface area is 135 Å². The highest BCUT2D eigenvalue weighted by molar-refractivity contribution is 9.10. The van der Waals surface area contributed by atoms with Crippen molar-refractivity contribution in [2.75, 3.05) is 10.6 Å². The summed E-state index contributed by atoms with van der Waals surface area (Å²) in [5.41, 5.74) is 7.39. The Hall–Kier alpha value is -0.780. The summed E-state index contributed by atoms with van der Waals surface area (Å²) in [5.74, 6) is -2.22. The molecule has 0 heterocycles. The van der Waals surface area contributed by atoms with Crippen molar-refractivity contribution in [2.45, 2.75) is 57.9 Å². The van der Waals surface area contributed by atoms with Gasteiger partial charge in [-0.1, -0.05) is 49.0 Å². The van der Waals surface area contributed by atoms with E-state index in [1.54, 1.807) is 4.90 Å². The van der Waals surface area contributed by atoms with Crippen molar-refractivity contribution in [3.63, 3.8) is 0 Å². The number of halogens is 1. The van der Waals surface area contributed by atoms with Gasteiger partial charge in [0.1, 0.15) is 0 Å². The first-order valence-electron chi connectivity index (χ1n) is 7.63. The number of hydrogen-bond acceptors (Lipinski definition) is 4. The van der Waals surface area contributed by atoms with E-state index in [0.717, 1.165) is 30.2 Å². The number of nitrogens with zero attached hydrogens (tertiary/aromatic N) is 1. The molecule has 1 saturated carbocycles. The minimum absolute atomic E-state index is 0.111. The van der Waals surface area contributed by atoms with Crippen LogP contribution in [-0.2, 0) is 0 Å². The molecule has 0 unspecified atom stereocenters. The molecule has 1 aromatic rings. The van der Waals surface area contributed by atoms with E-state index in [1.807, 2.05) is 32.0 Å². The van der Waals surface area contributed by atoms with Crippen LogP contribution in [0.3, 0.4) is 0 Å². The first kappa shape index (κ1) is 16.6. The van der Waals surface area contributed by atoms with E-state index in [9.17, 15) is 10.2 Å². The average molecular weight is 357 g/mol. The van der Waals surface area contributed by atoms with Crippen LogP contribution >= 0.6 is 15.9 Å². The van der Waals surface area contributed by atoms with Gasteiger partial charge in [-0.25, -0.2) is 0 Å². The van der Waals surface area contributed by atoms with Crippen LogP contribution < -0.4 is 10.6 Å². The predicted molar refractivity (Wildman–Crippen MR) is 89.9 cm³/mol. The molecule has 0 atom stereocenters. The number of hydrogen-bond donors (Lipinski definition) is 3. The van der Waals surface area contributed by atoms with Gasteiger partial charge >= 0.3 is 0 Å². The van der Waals surface area contributed by atoms with Crippen LogP contribution in [0, 0.1) is 5.92 Å². The SMILES string of the molecule is CC(C)C(O)(O)N(c1ccc(Br)cc1N)C1CCCCC1. The average Bonchev–Trinajstić information content (AvgIpc) is 2.42. The molecule has 4 N–H and O–H groups in total. The van der Waals surface area contributed by atoms with Gasteiger partial charge in [0.15, 0.2) is 0 Å². The Kier molecular flexibility index (Phi) is 5.17. The first-order chi connectivity index (χ1) is 9.84. The van der Waals surface area contributed by atoms with Crippen LogP contribution in [0.2, 0.25) is 0 Å². The summed E-state index contributed by atoms with van der Waals surface area (Å²) in [6.07, 6.45) is 5.37. The lowest BCUT2D eigenvalue weighted by molar-refractivity contribution is -0.196. The highest BCUT2D eigenvalue weighted by Gasteiger charge is 2.41. The number of nitrogens with two attached hydrogens (primary N) is 1. The van der Waals surface area contributed by atoms with Gasteiger partial charge in [0.05, 0.1) is 11.4 Å². The van der Waals surface area contributed by atoms with Crippen molar-refractivity contribution >= 4 is 27.3 Å². The van der Waals surface area contributed by atoms with Crippen molar-refractivity contribution in [3.05, 3.63) is 22.7 Å². The van der Waals surface area contributed by atoms with Gasteiger partial charge in [0, 0.05) is 16.4 Å². The second-order valence-corrected chi connectivity index (χ2v) is 7.12. The lowest BCUT2D eigenvalue weighted by Gasteiger charge is -2.46. The number of nitrogen functional groups attached to an aromatic ring is 1. The van der Waals surface area contributed by atoms with E-state index in [0.29, 0.717) is 11.4 Å². The van der Waals surface area contributed by atoms with Crippen LogP contribution in [-0.4, -0.2) is 22.2 Å². The third-order valence-electron chi connectivity index (χ3n) is 4.32. The van der Waals surface area contributed by atoms with E-state index in [4.69, 9.17) is 5.73 Å². The predicted octanol–water partition coefficient (Wildman–Crippen LogP) is 3.46. The molecule has 1 aliphatic rings. The molecule has 1 aromatic carbocycles. The van der Waals surface area contributed by atoms with Crippen LogP contribution in [0.1, 0.15) is 46.0 Å². The smallest absolute Gasteiger partial charge is 0.249 e. The van der Waals surface area contributed by atoms with Crippen molar-refractivity contribution in [3.8, 4) is 0 Å². The fourth-order valence-corrected chi connectivity index (χ4v) is 3.38. The molecule has 1 aliphatic carbocycles. The van der Waals surface area contributed by atoms with E-state index in [1.165, 1.54) is 6.42 Å². The standard InChI is InChI=1S/C16H25BrN2O2/c1-11(2)16(20,21)19(13-6-4-3-5-7-13)15-9-8-12(17)10-14(15)18/h8-11,13,20-21H,3-7,18H2,1-2H3. The number of aliphatic hydroxyl groups is 2. The van der Waals surface area contributed by atoms with E-state index < -0.39 is 5.91 Å². The molecule has 0 aromatic heterocycles. The van der Waals surface area contributed by atoms with E-state index >= 15 is 0 Å². The van der Waals surface area contributed by atoms with Gasteiger partial charge in [-0.2, -0.15) is 0 Å². The summed E-state index contributed by atoms with van der Waals surface area (Å²) in [6.45, 7) is 3.62. The molecule has 0 aliphatic heterocycles. The molecule has 118 valence electrons. The summed E-state index contributed by atoms with van der Waals surface area (Å²) in [5, 5.41) is 21.3. The van der Waals surface area contributed by atoms with Gasteiger partial charge in [-0.15, -0.1) is 0 Å². The van der Waals surface area contributed by atoms with Crippen molar-refractivity contribution < 1.29 is 10.2 Å². The Morgan fingerprint density at radius 2 is 1.86 bits per heavy atom. The van der Waals surface area contributed by atoms with Crippen molar-refractivity contribution in [2.24, 2.45) is 5.92 Å². The molecule has 0 saturated heterocycles. The molecule has 1 fully saturated rings. The van der Waals surface area contributed by atoms with Crippen LogP contribution in [0.4, 0.5) is 11.4 Å². The van der Waals surface area contributed by atoms with Gasteiger partial charge < -0.3 is 20.8 Å². The number of anilines is 2. The maximum Gasteiger partial charge on any atom is 0.249 e. The van der Waals surface area contributed by atoms with E-state index in [2.05, 4.69) is 15.9 Å². The van der Waals surface area contributed by atoms with Gasteiger partial charge in [-0.05, 0) is 31.0 Å². The molecule has 0 radical (unpaired) electrons. The maximum absolute atomic E-state index is 10.7. The van der Waals surface area contributed by atoms with Gasteiger partial charge in [-0.3, -0.25) is 0 Å². The number of rotatable bonds is 4. The van der Waals surface area contributed by atoms with Crippen LogP contribution in [0.25, 0.3) is 0 Å². The zero-order chi connectivity index (χ0) is 15.6. The third kappa shape index (κ3) is 3.52. The maximum atomic E-state index is 10.7. The quantitative estimate of drug-likeness (QED) is 0.570. The lowest BCUT2D eigenvalue weighted by atomic mass is 9.91. The van der Waals surface area contributed by atoms with Crippen LogP contribution in [0.15, 0.2) is 22.7 Å².